The Bertz CT molecular complexity index is 610. The highest BCUT2D eigenvalue weighted by molar-refractivity contribution is 7.17. The number of amides is 1. The number of hydrogen-bond donors (Lipinski definition) is 2. The molecular formula is C14H15NO4S. The Morgan fingerprint density at radius 3 is 2.95 bits per heavy atom. The minimum Gasteiger partial charge on any atom is -0.464 e. The number of hydrogen-bond acceptors (Lipinski definition) is 5. The molecule has 0 spiro atoms. The van der Waals surface area contributed by atoms with E-state index in [0.717, 1.165) is 10.1 Å². The van der Waals surface area contributed by atoms with Gasteiger partial charge in [-0.3, -0.25) is 4.79 Å². The molecular weight excluding hydrogens is 278 g/mol. The molecule has 0 fully saturated rings. The monoisotopic (exact) mass is 293 g/mol. The maximum atomic E-state index is 11.8. The van der Waals surface area contributed by atoms with Gasteiger partial charge < -0.3 is 15.2 Å². The third-order valence-corrected chi connectivity index (χ3v) is 3.92. The van der Waals surface area contributed by atoms with Crippen molar-refractivity contribution in [2.45, 2.75) is 19.1 Å². The van der Waals surface area contributed by atoms with Crippen LogP contribution in [0.15, 0.2) is 29.6 Å². The van der Waals surface area contributed by atoms with Gasteiger partial charge in [0, 0.05) is 10.3 Å². The lowest BCUT2D eigenvalue weighted by molar-refractivity contribution is -0.149. The summed E-state index contributed by atoms with van der Waals surface area (Å²) in [6.45, 7) is 1.86. The summed E-state index contributed by atoms with van der Waals surface area (Å²) < 4.78 is 5.88. The first-order valence-electron chi connectivity index (χ1n) is 6.19. The zero-order valence-electron chi connectivity index (χ0n) is 10.9. The van der Waals surface area contributed by atoms with Gasteiger partial charge in [0.15, 0.2) is 6.04 Å². The van der Waals surface area contributed by atoms with Crippen molar-refractivity contribution in [3.63, 3.8) is 0 Å². The number of carbonyl (C=O) groups is 2. The first-order valence-corrected chi connectivity index (χ1v) is 7.07. The number of benzene rings is 1. The van der Waals surface area contributed by atoms with Gasteiger partial charge in [-0.05, 0) is 23.8 Å². The fraction of sp³-hybridized carbons (Fsp3) is 0.286. The van der Waals surface area contributed by atoms with E-state index in [-0.39, 0.29) is 6.61 Å². The zero-order valence-corrected chi connectivity index (χ0v) is 11.7. The molecule has 2 rings (SSSR count). The quantitative estimate of drug-likeness (QED) is 0.627. The topological polar surface area (TPSA) is 75.6 Å². The molecule has 0 saturated carbocycles. The third-order valence-electron chi connectivity index (χ3n) is 2.93. The fourth-order valence-corrected chi connectivity index (χ4v) is 2.99. The lowest BCUT2D eigenvalue weighted by Crippen LogP contribution is -2.42. The summed E-state index contributed by atoms with van der Waals surface area (Å²) in [6.07, 6.45) is -0.755. The van der Waals surface area contributed by atoms with Crippen LogP contribution in [0.3, 0.4) is 0 Å². The van der Waals surface area contributed by atoms with Crippen LogP contribution in [0.25, 0.3) is 10.1 Å². The van der Waals surface area contributed by atoms with Crippen molar-refractivity contribution in [2.24, 2.45) is 0 Å². The molecule has 0 bridgehead atoms. The van der Waals surface area contributed by atoms with Crippen molar-refractivity contribution < 1.29 is 19.4 Å². The number of aliphatic hydroxyl groups excluding tert-OH is 1. The molecule has 1 heterocycles. The van der Waals surface area contributed by atoms with E-state index in [1.165, 1.54) is 11.3 Å². The Labute approximate surface area is 120 Å². The number of ether oxygens (including phenoxy) is 1. The first-order chi connectivity index (χ1) is 9.69. The molecule has 1 aromatic carbocycles. The Morgan fingerprint density at radius 1 is 1.50 bits per heavy atom. The van der Waals surface area contributed by atoms with Crippen LogP contribution in [0.4, 0.5) is 0 Å². The van der Waals surface area contributed by atoms with Gasteiger partial charge in [-0.25, -0.2) is 4.79 Å². The number of esters is 1. The van der Waals surface area contributed by atoms with Crippen molar-refractivity contribution in [1.82, 2.24) is 5.32 Å². The van der Waals surface area contributed by atoms with E-state index >= 15 is 0 Å². The number of rotatable bonds is 6. The summed E-state index contributed by atoms with van der Waals surface area (Å²) in [4.78, 5) is 22.4. The summed E-state index contributed by atoms with van der Waals surface area (Å²) in [5, 5.41) is 15.4. The second kappa shape index (κ2) is 6.49. The molecule has 5 nitrogen and oxygen atoms in total. The Morgan fingerprint density at radius 2 is 2.25 bits per heavy atom. The summed E-state index contributed by atoms with van der Waals surface area (Å²) in [6, 6.07) is 6.46. The summed E-state index contributed by atoms with van der Waals surface area (Å²) in [7, 11) is 0. The van der Waals surface area contributed by atoms with Gasteiger partial charge in [0.2, 0.25) is 6.41 Å². The molecule has 0 aliphatic heterocycles. The smallest absolute Gasteiger partial charge is 0.331 e. The predicted molar refractivity (Wildman–Crippen MR) is 76.4 cm³/mol. The van der Waals surface area contributed by atoms with E-state index < -0.39 is 18.1 Å². The van der Waals surface area contributed by atoms with Gasteiger partial charge in [0.1, 0.15) is 6.10 Å². The van der Waals surface area contributed by atoms with Crippen LogP contribution in [-0.2, 0) is 14.3 Å². The van der Waals surface area contributed by atoms with E-state index in [2.05, 4.69) is 5.32 Å². The molecule has 1 aromatic heterocycles. The molecule has 0 aliphatic rings. The van der Waals surface area contributed by atoms with Crippen molar-refractivity contribution in [3.05, 3.63) is 35.2 Å². The van der Waals surface area contributed by atoms with Gasteiger partial charge in [0.25, 0.3) is 0 Å². The van der Waals surface area contributed by atoms with Crippen LogP contribution in [-0.4, -0.2) is 30.1 Å². The van der Waals surface area contributed by atoms with Gasteiger partial charge in [0.05, 0.1) is 6.61 Å². The third kappa shape index (κ3) is 2.81. The van der Waals surface area contributed by atoms with E-state index in [1.807, 2.05) is 24.3 Å². The number of carbonyl (C=O) groups excluding carboxylic acids is 2. The van der Waals surface area contributed by atoms with Crippen LogP contribution in [0, 0.1) is 0 Å². The number of aliphatic hydroxyl groups is 1. The van der Waals surface area contributed by atoms with Crippen LogP contribution in [0.5, 0.6) is 0 Å². The molecule has 6 heteroatoms. The zero-order chi connectivity index (χ0) is 14.5. The summed E-state index contributed by atoms with van der Waals surface area (Å²) >= 11 is 1.47. The molecule has 106 valence electrons. The molecule has 0 saturated heterocycles. The van der Waals surface area contributed by atoms with E-state index in [9.17, 15) is 14.7 Å². The van der Waals surface area contributed by atoms with E-state index in [0.29, 0.717) is 12.0 Å². The maximum Gasteiger partial charge on any atom is 0.331 e. The minimum atomic E-state index is -1.14. The summed E-state index contributed by atoms with van der Waals surface area (Å²) in [5.74, 6) is -0.651. The van der Waals surface area contributed by atoms with Crippen molar-refractivity contribution in [3.8, 4) is 0 Å². The Balaban J connectivity index is 2.33. The van der Waals surface area contributed by atoms with E-state index in [1.54, 1.807) is 12.3 Å². The maximum absolute atomic E-state index is 11.8. The van der Waals surface area contributed by atoms with Crippen molar-refractivity contribution >= 4 is 33.8 Å². The lowest BCUT2D eigenvalue weighted by Gasteiger charge is -2.20. The molecule has 1 amide bonds. The minimum absolute atomic E-state index is 0.187. The van der Waals surface area contributed by atoms with Crippen LogP contribution < -0.4 is 5.32 Å². The predicted octanol–water partition coefficient (Wildman–Crippen LogP) is 1.61. The average Bonchev–Trinajstić information content (AvgIpc) is 2.88. The number of nitrogens with one attached hydrogen (secondary N) is 1. The van der Waals surface area contributed by atoms with Crippen LogP contribution in [0.1, 0.15) is 18.6 Å². The van der Waals surface area contributed by atoms with Crippen LogP contribution in [0.2, 0.25) is 0 Å². The first kappa shape index (κ1) is 14.5. The van der Waals surface area contributed by atoms with Crippen molar-refractivity contribution in [2.75, 3.05) is 6.61 Å². The number of fused-ring (bicyclic) bond motifs is 1. The largest absolute Gasteiger partial charge is 0.464 e. The standard InChI is InChI=1S/C14H15NO4S/c1-2-19-14(18)12(15-8-16)13(17)10-7-20-11-6-4-3-5-9(10)11/h3-8,12-13,17H,2H2,1H3,(H,15,16). The Kier molecular flexibility index (Phi) is 4.70. The lowest BCUT2D eigenvalue weighted by atomic mass is 10.0. The van der Waals surface area contributed by atoms with Gasteiger partial charge in [-0.1, -0.05) is 18.2 Å². The molecule has 2 aromatic rings. The second-order valence-electron chi connectivity index (χ2n) is 4.15. The Hall–Kier alpha value is -1.92. The SMILES string of the molecule is CCOC(=O)C(NC=O)C(O)c1csc2ccccc12. The molecule has 0 aliphatic carbocycles. The molecule has 2 atom stereocenters. The fourth-order valence-electron chi connectivity index (χ4n) is 2.00. The summed E-state index contributed by atoms with van der Waals surface area (Å²) in [5.41, 5.74) is 0.609. The normalized spacial score (nSPS) is 13.7. The molecule has 2 N–H and O–H groups in total. The highest BCUT2D eigenvalue weighted by Crippen LogP contribution is 2.31. The molecule has 20 heavy (non-hydrogen) atoms. The van der Waals surface area contributed by atoms with Crippen LogP contribution >= 0.6 is 11.3 Å². The molecule has 0 radical (unpaired) electrons. The highest BCUT2D eigenvalue weighted by atomic mass is 32.1. The van der Waals surface area contributed by atoms with Gasteiger partial charge in [-0.2, -0.15) is 0 Å². The van der Waals surface area contributed by atoms with Crippen molar-refractivity contribution in [1.29, 1.82) is 0 Å². The highest BCUT2D eigenvalue weighted by Gasteiger charge is 2.30. The van der Waals surface area contributed by atoms with Gasteiger partial charge in [-0.15, -0.1) is 11.3 Å². The second-order valence-corrected chi connectivity index (χ2v) is 5.06. The van der Waals surface area contributed by atoms with Gasteiger partial charge >= 0.3 is 5.97 Å². The average molecular weight is 293 g/mol. The molecule has 2 unspecified atom stereocenters. The number of thiophene rings is 1. The van der Waals surface area contributed by atoms with E-state index in [4.69, 9.17) is 4.74 Å².